The van der Waals surface area contributed by atoms with Crippen molar-refractivity contribution in [1.29, 1.82) is 0 Å². The summed E-state index contributed by atoms with van der Waals surface area (Å²) in [6.07, 6.45) is 1.65. The van der Waals surface area contributed by atoms with E-state index < -0.39 is 6.03 Å². The lowest BCUT2D eigenvalue weighted by Gasteiger charge is -2.08. The summed E-state index contributed by atoms with van der Waals surface area (Å²) in [7, 11) is 1.79. The SMILES string of the molecule is Cn1nccc1CNC(=O)NNC(=O)c1cccs1. The second kappa shape index (κ2) is 6.01. The van der Waals surface area contributed by atoms with Crippen LogP contribution in [0.2, 0.25) is 0 Å². The van der Waals surface area contributed by atoms with Crippen molar-refractivity contribution in [1.82, 2.24) is 25.9 Å². The molecule has 0 bridgehead atoms. The summed E-state index contributed by atoms with van der Waals surface area (Å²) in [6.45, 7) is 0.331. The van der Waals surface area contributed by atoms with Gasteiger partial charge >= 0.3 is 6.03 Å². The van der Waals surface area contributed by atoms with Gasteiger partial charge in [-0.05, 0) is 17.5 Å². The molecule has 0 radical (unpaired) electrons. The number of aromatic nitrogens is 2. The highest BCUT2D eigenvalue weighted by atomic mass is 32.1. The monoisotopic (exact) mass is 279 g/mol. The molecule has 3 N–H and O–H groups in total. The molecule has 8 heteroatoms. The molecule has 2 rings (SSSR count). The minimum absolute atomic E-state index is 0.331. The molecule has 0 aliphatic rings. The Morgan fingerprint density at radius 2 is 2.21 bits per heavy atom. The van der Waals surface area contributed by atoms with E-state index in [1.807, 2.05) is 0 Å². The van der Waals surface area contributed by atoms with E-state index in [0.29, 0.717) is 11.4 Å². The average Bonchev–Trinajstić information content (AvgIpc) is 3.05. The molecule has 2 aromatic heterocycles. The van der Waals surface area contributed by atoms with Crippen LogP contribution in [0.15, 0.2) is 29.8 Å². The molecule has 0 spiro atoms. The average molecular weight is 279 g/mol. The van der Waals surface area contributed by atoms with Gasteiger partial charge in [0.1, 0.15) is 0 Å². The molecule has 0 saturated heterocycles. The number of aryl methyl sites for hydroxylation is 1. The maximum absolute atomic E-state index is 11.5. The Morgan fingerprint density at radius 1 is 1.37 bits per heavy atom. The van der Waals surface area contributed by atoms with Crippen LogP contribution in [0.4, 0.5) is 4.79 Å². The highest BCUT2D eigenvalue weighted by molar-refractivity contribution is 7.12. The lowest BCUT2D eigenvalue weighted by molar-refractivity contribution is 0.0940. The second-order valence-electron chi connectivity index (χ2n) is 3.69. The van der Waals surface area contributed by atoms with Gasteiger partial charge in [-0.1, -0.05) is 6.07 Å². The van der Waals surface area contributed by atoms with Gasteiger partial charge < -0.3 is 5.32 Å². The van der Waals surface area contributed by atoms with E-state index in [1.54, 1.807) is 41.5 Å². The topological polar surface area (TPSA) is 88.1 Å². The first-order valence-corrected chi connectivity index (χ1v) is 6.39. The summed E-state index contributed by atoms with van der Waals surface area (Å²) in [5, 5.41) is 8.37. The van der Waals surface area contributed by atoms with Gasteiger partial charge in [-0.15, -0.1) is 11.3 Å². The summed E-state index contributed by atoms with van der Waals surface area (Å²) in [5.74, 6) is -0.342. The Labute approximate surface area is 113 Å². The Kier molecular flexibility index (Phi) is 4.14. The summed E-state index contributed by atoms with van der Waals surface area (Å²) < 4.78 is 1.66. The number of carbonyl (C=O) groups is 2. The van der Waals surface area contributed by atoms with Gasteiger partial charge in [0.15, 0.2) is 0 Å². The zero-order valence-electron chi connectivity index (χ0n) is 10.2. The fourth-order valence-corrected chi connectivity index (χ4v) is 1.99. The van der Waals surface area contributed by atoms with Crippen molar-refractivity contribution in [3.63, 3.8) is 0 Å². The third-order valence-corrected chi connectivity index (χ3v) is 3.26. The van der Waals surface area contributed by atoms with Gasteiger partial charge in [-0.3, -0.25) is 14.9 Å². The Balaban J connectivity index is 1.73. The van der Waals surface area contributed by atoms with Crippen LogP contribution in [0.5, 0.6) is 0 Å². The van der Waals surface area contributed by atoms with E-state index in [9.17, 15) is 9.59 Å². The molecule has 0 aromatic carbocycles. The molecule has 0 aliphatic carbocycles. The number of nitrogens with one attached hydrogen (secondary N) is 3. The molecule has 0 fully saturated rings. The Bertz CT molecular complexity index is 563. The third kappa shape index (κ3) is 3.55. The van der Waals surface area contributed by atoms with E-state index in [0.717, 1.165) is 5.69 Å². The lowest BCUT2D eigenvalue weighted by Crippen LogP contribution is -2.46. The molecule has 7 nitrogen and oxygen atoms in total. The molecular formula is C11H13N5O2S. The molecule has 3 amide bonds. The molecule has 0 atom stereocenters. The molecule has 2 heterocycles. The van der Waals surface area contributed by atoms with E-state index in [1.165, 1.54) is 11.3 Å². The zero-order valence-corrected chi connectivity index (χ0v) is 11.0. The van der Waals surface area contributed by atoms with Crippen molar-refractivity contribution in [2.75, 3.05) is 0 Å². The quantitative estimate of drug-likeness (QED) is 0.720. The fraction of sp³-hybridized carbons (Fsp3) is 0.182. The van der Waals surface area contributed by atoms with Crippen LogP contribution in [-0.2, 0) is 13.6 Å². The van der Waals surface area contributed by atoms with Crippen molar-refractivity contribution in [3.05, 3.63) is 40.3 Å². The van der Waals surface area contributed by atoms with Crippen LogP contribution in [-0.4, -0.2) is 21.7 Å². The number of hydrogen-bond acceptors (Lipinski definition) is 4. The van der Waals surface area contributed by atoms with Crippen LogP contribution >= 0.6 is 11.3 Å². The Morgan fingerprint density at radius 3 is 2.84 bits per heavy atom. The van der Waals surface area contributed by atoms with Gasteiger partial charge in [-0.25, -0.2) is 10.2 Å². The first-order valence-electron chi connectivity index (χ1n) is 5.51. The molecule has 19 heavy (non-hydrogen) atoms. The molecule has 0 saturated carbocycles. The second-order valence-corrected chi connectivity index (χ2v) is 4.63. The van der Waals surface area contributed by atoms with Crippen LogP contribution in [0.1, 0.15) is 15.4 Å². The van der Waals surface area contributed by atoms with Crippen LogP contribution in [0.25, 0.3) is 0 Å². The van der Waals surface area contributed by atoms with E-state index >= 15 is 0 Å². The Hall–Kier alpha value is -2.35. The minimum Gasteiger partial charge on any atom is -0.331 e. The van der Waals surface area contributed by atoms with Gasteiger partial charge in [-0.2, -0.15) is 5.10 Å². The summed E-state index contributed by atoms with van der Waals surface area (Å²) in [4.78, 5) is 23.5. The van der Waals surface area contributed by atoms with Crippen molar-refractivity contribution < 1.29 is 9.59 Å². The number of amides is 3. The maximum atomic E-state index is 11.5. The van der Waals surface area contributed by atoms with Crippen molar-refractivity contribution >= 4 is 23.3 Å². The minimum atomic E-state index is -0.480. The van der Waals surface area contributed by atoms with E-state index in [2.05, 4.69) is 21.3 Å². The standard InChI is InChI=1S/C11H13N5O2S/c1-16-8(4-5-13-16)7-12-11(18)15-14-10(17)9-3-2-6-19-9/h2-6H,7H2,1H3,(H,14,17)(H2,12,15,18). The van der Waals surface area contributed by atoms with Crippen LogP contribution in [0.3, 0.4) is 0 Å². The summed E-state index contributed by atoms with van der Waals surface area (Å²) in [5.41, 5.74) is 5.46. The first kappa shape index (κ1) is 13.1. The third-order valence-electron chi connectivity index (χ3n) is 2.39. The maximum Gasteiger partial charge on any atom is 0.333 e. The van der Waals surface area contributed by atoms with Crippen molar-refractivity contribution in [2.45, 2.75) is 6.54 Å². The number of hydrazine groups is 1. The number of hydrogen-bond donors (Lipinski definition) is 3. The normalized spacial score (nSPS) is 9.95. The predicted molar refractivity (Wildman–Crippen MR) is 70.4 cm³/mol. The van der Waals surface area contributed by atoms with E-state index in [4.69, 9.17) is 0 Å². The van der Waals surface area contributed by atoms with Crippen LogP contribution < -0.4 is 16.2 Å². The number of carbonyl (C=O) groups excluding carboxylic acids is 2. The zero-order chi connectivity index (χ0) is 13.7. The number of thiophene rings is 1. The van der Waals surface area contributed by atoms with Crippen molar-refractivity contribution in [3.8, 4) is 0 Å². The number of rotatable bonds is 3. The largest absolute Gasteiger partial charge is 0.333 e. The first-order chi connectivity index (χ1) is 9.16. The van der Waals surface area contributed by atoms with Gasteiger partial charge in [0.2, 0.25) is 0 Å². The molecule has 100 valence electrons. The smallest absolute Gasteiger partial charge is 0.331 e. The summed E-state index contributed by atoms with van der Waals surface area (Å²) >= 11 is 1.30. The van der Waals surface area contributed by atoms with Crippen molar-refractivity contribution in [2.24, 2.45) is 7.05 Å². The number of nitrogens with zero attached hydrogens (tertiary/aromatic N) is 2. The fourth-order valence-electron chi connectivity index (χ4n) is 1.37. The van der Waals surface area contributed by atoms with E-state index in [-0.39, 0.29) is 5.91 Å². The van der Waals surface area contributed by atoms with Gasteiger partial charge in [0, 0.05) is 13.2 Å². The predicted octanol–water partition coefficient (Wildman–Crippen LogP) is 0.626. The number of urea groups is 1. The molecule has 0 aliphatic heterocycles. The highest BCUT2D eigenvalue weighted by Gasteiger charge is 2.07. The molecule has 0 unspecified atom stereocenters. The van der Waals surface area contributed by atoms with Gasteiger partial charge in [0.25, 0.3) is 5.91 Å². The molecule has 2 aromatic rings. The summed E-state index contributed by atoms with van der Waals surface area (Å²) in [6, 6.07) is 4.76. The van der Waals surface area contributed by atoms with Crippen LogP contribution in [0, 0.1) is 0 Å². The highest BCUT2D eigenvalue weighted by Crippen LogP contribution is 2.06. The lowest BCUT2D eigenvalue weighted by atomic mass is 10.4. The van der Waals surface area contributed by atoms with Gasteiger partial charge in [0.05, 0.1) is 17.1 Å². The molecular weight excluding hydrogens is 266 g/mol.